The quantitative estimate of drug-likeness (QED) is 0.477. The van der Waals surface area contributed by atoms with Crippen LogP contribution in [0.5, 0.6) is 0 Å². The molecule has 1 aliphatic carbocycles. The smallest absolute Gasteiger partial charge is 0.346 e. The Hall–Kier alpha value is -0.950. The molecule has 2 aliphatic rings. The molecule has 2 rings (SSSR count). The molecular weight excluding hydrogens is 288 g/mol. The highest BCUT2D eigenvalue weighted by Crippen LogP contribution is 2.27. The molecule has 8 heteroatoms. The molecule has 0 aromatic heterocycles. The summed E-state index contributed by atoms with van der Waals surface area (Å²) in [7, 11) is 0. The lowest BCUT2D eigenvalue weighted by molar-refractivity contribution is -0.417. The van der Waals surface area contributed by atoms with Crippen LogP contribution >= 0.6 is 24.4 Å². The van der Waals surface area contributed by atoms with Gasteiger partial charge < -0.3 is 5.32 Å². The van der Waals surface area contributed by atoms with Crippen LogP contribution in [0.2, 0.25) is 0 Å². The van der Waals surface area contributed by atoms with E-state index in [4.69, 9.17) is 11.6 Å². The van der Waals surface area contributed by atoms with Gasteiger partial charge in [-0.05, 0) is 19.8 Å². The van der Waals surface area contributed by atoms with Crippen LogP contribution in [-0.4, -0.2) is 26.6 Å². The Bertz CT molecular complexity index is 434. The van der Waals surface area contributed by atoms with Crippen LogP contribution in [0.25, 0.3) is 0 Å². The van der Waals surface area contributed by atoms with Crippen molar-refractivity contribution in [2.45, 2.75) is 51.2 Å². The van der Waals surface area contributed by atoms with Gasteiger partial charge >= 0.3 is 5.70 Å². The molecule has 6 nitrogen and oxygen atoms in total. The molecule has 0 aromatic rings. The first-order valence-corrected chi connectivity index (χ1v) is 7.15. The second kappa shape index (κ2) is 6.00. The van der Waals surface area contributed by atoms with Gasteiger partial charge in [0.25, 0.3) is 0 Å². The van der Waals surface area contributed by atoms with Crippen molar-refractivity contribution in [3.8, 4) is 0 Å². The molecule has 1 heterocycles. The lowest BCUT2D eigenvalue weighted by Gasteiger charge is -2.32. The summed E-state index contributed by atoms with van der Waals surface area (Å²) in [6.07, 6.45) is 5.21. The predicted molar refractivity (Wildman–Crippen MR) is 77.6 cm³/mol. The standard InChI is InChI=1S/C11H17ClN4O2S/c1-7-13-10(12)9(16(17)18)11(15(7)19)14-8-5-3-2-4-6-8/h7-8,14,19H,2-6H2,1H3. The second-order valence-corrected chi connectivity index (χ2v) is 5.62. The van der Waals surface area contributed by atoms with Crippen molar-refractivity contribution in [2.75, 3.05) is 0 Å². The monoisotopic (exact) mass is 304 g/mol. The number of aliphatic imine (C=N–C) groups is 1. The van der Waals surface area contributed by atoms with Crippen LogP contribution in [0.1, 0.15) is 39.0 Å². The van der Waals surface area contributed by atoms with Gasteiger partial charge in [0, 0.05) is 6.04 Å². The van der Waals surface area contributed by atoms with E-state index in [0.717, 1.165) is 25.7 Å². The fraction of sp³-hybridized carbons (Fsp3) is 0.727. The van der Waals surface area contributed by atoms with Crippen molar-refractivity contribution in [1.82, 2.24) is 9.62 Å². The lowest BCUT2D eigenvalue weighted by atomic mass is 9.95. The zero-order chi connectivity index (χ0) is 14.0. The molecule has 1 atom stereocenters. The Morgan fingerprint density at radius 2 is 2.11 bits per heavy atom. The third kappa shape index (κ3) is 3.14. The van der Waals surface area contributed by atoms with Crippen molar-refractivity contribution in [2.24, 2.45) is 4.99 Å². The minimum atomic E-state index is -0.508. The molecule has 1 fully saturated rings. The van der Waals surface area contributed by atoms with Gasteiger partial charge in [0.1, 0.15) is 6.17 Å². The molecular formula is C11H17ClN4O2S. The average molecular weight is 305 g/mol. The summed E-state index contributed by atoms with van der Waals surface area (Å²) in [4.78, 5) is 14.6. The average Bonchev–Trinajstić information content (AvgIpc) is 2.36. The second-order valence-electron chi connectivity index (χ2n) is 4.83. The number of nitrogens with zero attached hydrogens (tertiary/aromatic N) is 3. The van der Waals surface area contributed by atoms with Crippen LogP contribution in [0.4, 0.5) is 0 Å². The van der Waals surface area contributed by atoms with Crippen molar-refractivity contribution in [3.63, 3.8) is 0 Å². The van der Waals surface area contributed by atoms with Crippen LogP contribution < -0.4 is 5.32 Å². The molecule has 19 heavy (non-hydrogen) atoms. The third-order valence-corrected chi connectivity index (χ3v) is 4.24. The van der Waals surface area contributed by atoms with Crippen molar-refractivity contribution in [1.29, 1.82) is 0 Å². The molecule has 1 aliphatic heterocycles. The largest absolute Gasteiger partial charge is 0.362 e. The van der Waals surface area contributed by atoms with E-state index in [0.29, 0.717) is 5.82 Å². The van der Waals surface area contributed by atoms with Gasteiger partial charge in [-0.1, -0.05) is 43.7 Å². The van der Waals surface area contributed by atoms with Crippen molar-refractivity contribution >= 4 is 29.6 Å². The van der Waals surface area contributed by atoms with Gasteiger partial charge in [0.15, 0.2) is 5.82 Å². The van der Waals surface area contributed by atoms with E-state index < -0.39 is 4.92 Å². The molecule has 0 bridgehead atoms. The van der Waals surface area contributed by atoms with Gasteiger partial charge in [-0.25, -0.2) is 4.99 Å². The SMILES string of the molecule is CC1N=C(Cl)C([N+](=O)[O-])=C(NC2CCCCC2)N1S. The van der Waals surface area contributed by atoms with E-state index >= 15 is 0 Å². The summed E-state index contributed by atoms with van der Waals surface area (Å²) in [6.45, 7) is 1.79. The Kier molecular flexibility index (Phi) is 4.57. The minimum absolute atomic E-state index is 0.0684. The number of hydrogen-bond donors (Lipinski definition) is 2. The van der Waals surface area contributed by atoms with Crippen LogP contribution in [0.3, 0.4) is 0 Å². The first-order chi connectivity index (χ1) is 9.00. The fourth-order valence-corrected chi connectivity index (χ4v) is 2.91. The van der Waals surface area contributed by atoms with Crippen molar-refractivity contribution < 1.29 is 4.92 Å². The molecule has 1 N–H and O–H groups in total. The van der Waals surface area contributed by atoms with E-state index in [-0.39, 0.29) is 23.1 Å². The van der Waals surface area contributed by atoms with E-state index in [1.807, 2.05) is 0 Å². The summed E-state index contributed by atoms with van der Waals surface area (Å²) in [5.74, 6) is 0.354. The maximum atomic E-state index is 11.2. The third-order valence-electron chi connectivity index (χ3n) is 3.43. The molecule has 1 saturated carbocycles. The zero-order valence-corrected chi connectivity index (χ0v) is 12.3. The number of thiol groups is 1. The number of rotatable bonds is 3. The fourth-order valence-electron chi connectivity index (χ4n) is 2.41. The maximum absolute atomic E-state index is 11.2. The van der Waals surface area contributed by atoms with Gasteiger partial charge in [-0.3, -0.25) is 14.4 Å². The number of allylic oxidation sites excluding steroid dienone is 1. The topological polar surface area (TPSA) is 70.8 Å². The molecule has 0 radical (unpaired) electrons. The van der Waals surface area contributed by atoms with Crippen LogP contribution in [-0.2, 0) is 0 Å². The molecule has 1 unspecified atom stereocenters. The normalized spacial score (nSPS) is 25.3. The Labute approximate surface area is 122 Å². The summed E-state index contributed by atoms with van der Waals surface area (Å²) in [5.41, 5.74) is -0.194. The van der Waals surface area contributed by atoms with Gasteiger partial charge in [0.2, 0.25) is 5.17 Å². The van der Waals surface area contributed by atoms with E-state index in [2.05, 4.69) is 23.1 Å². The predicted octanol–water partition coefficient (Wildman–Crippen LogP) is 2.50. The Morgan fingerprint density at radius 3 is 2.68 bits per heavy atom. The number of nitro groups is 1. The van der Waals surface area contributed by atoms with Gasteiger partial charge in [-0.2, -0.15) is 0 Å². The van der Waals surface area contributed by atoms with E-state index in [1.165, 1.54) is 10.7 Å². The number of hydrogen-bond acceptors (Lipinski definition) is 6. The molecule has 0 amide bonds. The minimum Gasteiger partial charge on any atom is -0.362 e. The first-order valence-electron chi connectivity index (χ1n) is 6.37. The van der Waals surface area contributed by atoms with Crippen molar-refractivity contribution in [3.05, 3.63) is 21.6 Å². The highest BCUT2D eigenvalue weighted by atomic mass is 35.5. The molecule has 0 spiro atoms. The number of nitrogens with one attached hydrogen (secondary N) is 1. The molecule has 106 valence electrons. The summed E-state index contributed by atoms with van der Waals surface area (Å²) in [5, 5.41) is 14.3. The summed E-state index contributed by atoms with van der Waals surface area (Å²) >= 11 is 10.2. The van der Waals surface area contributed by atoms with E-state index in [9.17, 15) is 10.1 Å². The Morgan fingerprint density at radius 1 is 1.47 bits per heavy atom. The van der Waals surface area contributed by atoms with Gasteiger partial charge in [0.05, 0.1) is 4.92 Å². The zero-order valence-electron chi connectivity index (χ0n) is 10.7. The highest BCUT2D eigenvalue weighted by Gasteiger charge is 2.35. The highest BCUT2D eigenvalue weighted by molar-refractivity contribution is 7.77. The molecule has 0 aromatic carbocycles. The summed E-state index contributed by atoms with van der Waals surface area (Å²) in [6, 6.07) is 0.239. The first kappa shape index (κ1) is 14.5. The maximum Gasteiger partial charge on any atom is 0.346 e. The van der Waals surface area contributed by atoms with Gasteiger partial charge in [-0.15, -0.1) is 0 Å². The molecule has 0 saturated heterocycles. The number of halogens is 1. The van der Waals surface area contributed by atoms with E-state index in [1.54, 1.807) is 6.92 Å². The van der Waals surface area contributed by atoms with Crippen LogP contribution in [0, 0.1) is 10.1 Å². The lowest BCUT2D eigenvalue weighted by Crippen LogP contribution is -2.42. The van der Waals surface area contributed by atoms with Crippen LogP contribution in [0.15, 0.2) is 16.5 Å². The summed E-state index contributed by atoms with van der Waals surface area (Å²) < 4.78 is 1.47. The Balaban J connectivity index is 2.26.